The molecular formula is C11H15NOS2. The van der Waals surface area contributed by atoms with Crippen molar-refractivity contribution in [2.75, 3.05) is 6.26 Å². The fourth-order valence-corrected chi connectivity index (χ4v) is 3.96. The summed E-state index contributed by atoms with van der Waals surface area (Å²) in [6.07, 6.45) is 4.01. The largest absolute Gasteiger partial charge is 0.411 e. The predicted molar refractivity (Wildman–Crippen MR) is 66.5 cm³/mol. The number of thiophene rings is 1. The monoisotopic (exact) mass is 241 g/mol. The van der Waals surface area contributed by atoms with Crippen LogP contribution in [-0.2, 0) is 6.42 Å². The van der Waals surface area contributed by atoms with Crippen molar-refractivity contribution in [2.45, 2.75) is 30.9 Å². The molecule has 82 valence electrons. The Morgan fingerprint density at radius 3 is 2.80 bits per heavy atom. The van der Waals surface area contributed by atoms with Gasteiger partial charge in [0.2, 0.25) is 0 Å². The highest BCUT2D eigenvalue weighted by Crippen LogP contribution is 2.41. The Bertz CT molecular complexity index is 407. The van der Waals surface area contributed by atoms with Gasteiger partial charge in [-0.05, 0) is 35.5 Å². The summed E-state index contributed by atoms with van der Waals surface area (Å²) in [4.78, 5) is 0. The number of nitrogens with zero attached hydrogens (tertiary/aromatic N) is 1. The molecule has 0 fully saturated rings. The van der Waals surface area contributed by atoms with E-state index in [1.54, 1.807) is 23.1 Å². The lowest BCUT2D eigenvalue weighted by atomic mass is 9.75. The highest BCUT2D eigenvalue weighted by Gasteiger charge is 2.32. The Hall–Kier alpha value is -0.480. The van der Waals surface area contributed by atoms with E-state index in [4.69, 9.17) is 5.21 Å². The van der Waals surface area contributed by atoms with Gasteiger partial charge in [-0.3, -0.25) is 0 Å². The molecule has 0 bridgehead atoms. The van der Waals surface area contributed by atoms with E-state index in [1.807, 2.05) is 0 Å². The first-order valence-electron chi connectivity index (χ1n) is 4.93. The molecule has 0 spiro atoms. The van der Waals surface area contributed by atoms with E-state index in [0.29, 0.717) is 0 Å². The van der Waals surface area contributed by atoms with Crippen molar-refractivity contribution in [2.24, 2.45) is 10.6 Å². The molecule has 1 N–H and O–H groups in total. The molecule has 1 aliphatic carbocycles. The maximum Gasteiger partial charge on any atom is 0.0895 e. The van der Waals surface area contributed by atoms with E-state index in [-0.39, 0.29) is 5.41 Å². The summed E-state index contributed by atoms with van der Waals surface area (Å²) >= 11 is 3.49. The summed E-state index contributed by atoms with van der Waals surface area (Å²) in [6.45, 7) is 4.44. The molecule has 1 aliphatic rings. The number of thioether (sulfide) groups is 1. The van der Waals surface area contributed by atoms with Gasteiger partial charge in [-0.1, -0.05) is 19.0 Å². The zero-order valence-corrected chi connectivity index (χ0v) is 10.8. The smallest absolute Gasteiger partial charge is 0.0895 e. The van der Waals surface area contributed by atoms with Crippen LogP contribution in [0.25, 0.3) is 0 Å². The summed E-state index contributed by atoms with van der Waals surface area (Å²) in [6, 6.07) is 0. The summed E-state index contributed by atoms with van der Waals surface area (Å²) < 4.78 is 1.27. The van der Waals surface area contributed by atoms with Crippen LogP contribution < -0.4 is 0 Å². The molecule has 0 saturated carbocycles. The van der Waals surface area contributed by atoms with Gasteiger partial charge in [-0.25, -0.2) is 0 Å². The van der Waals surface area contributed by atoms with Crippen LogP contribution in [0.3, 0.4) is 0 Å². The van der Waals surface area contributed by atoms with Crippen molar-refractivity contribution in [3.05, 3.63) is 16.5 Å². The average molecular weight is 241 g/mol. The van der Waals surface area contributed by atoms with Gasteiger partial charge in [-0.2, -0.15) is 0 Å². The SMILES string of the molecule is CSc1scc2c1/C(=N/O)CC(C)(C)C2. The van der Waals surface area contributed by atoms with Crippen molar-refractivity contribution in [3.63, 3.8) is 0 Å². The lowest BCUT2D eigenvalue weighted by molar-refractivity contribution is 0.306. The van der Waals surface area contributed by atoms with E-state index in [2.05, 4.69) is 30.6 Å². The minimum absolute atomic E-state index is 0.214. The highest BCUT2D eigenvalue weighted by molar-refractivity contribution is 8.00. The van der Waals surface area contributed by atoms with Gasteiger partial charge < -0.3 is 5.21 Å². The quantitative estimate of drug-likeness (QED) is 0.463. The van der Waals surface area contributed by atoms with Crippen molar-refractivity contribution in [3.8, 4) is 0 Å². The van der Waals surface area contributed by atoms with E-state index in [9.17, 15) is 0 Å². The third-order valence-electron chi connectivity index (χ3n) is 2.74. The van der Waals surface area contributed by atoms with Crippen LogP contribution >= 0.6 is 23.1 Å². The van der Waals surface area contributed by atoms with Crippen LogP contribution in [-0.4, -0.2) is 17.2 Å². The van der Waals surface area contributed by atoms with E-state index in [1.165, 1.54) is 15.3 Å². The standard InChI is InChI=1S/C11H15NOS2/c1-11(2)4-7-6-15-10(14-3)9(7)8(5-11)12-13/h6,13H,4-5H2,1-3H3/b12-8+. The first-order chi connectivity index (χ1) is 7.07. The molecule has 0 aromatic carbocycles. The third kappa shape index (κ3) is 1.93. The zero-order valence-electron chi connectivity index (χ0n) is 9.20. The number of fused-ring (bicyclic) bond motifs is 1. The van der Waals surface area contributed by atoms with Gasteiger partial charge in [0.25, 0.3) is 0 Å². The summed E-state index contributed by atoms with van der Waals surface area (Å²) in [7, 11) is 0. The van der Waals surface area contributed by atoms with Crippen molar-refractivity contribution in [1.82, 2.24) is 0 Å². The highest BCUT2D eigenvalue weighted by atomic mass is 32.2. The average Bonchev–Trinajstić information content (AvgIpc) is 2.57. The lowest BCUT2D eigenvalue weighted by Crippen LogP contribution is -2.26. The number of rotatable bonds is 1. The molecular weight excluding hydrogens is 226 g/mol. The van der Waals surface area contributed by atoms with Gasteiger partial charge in [0.15, 0.2) is 0 Å². The molecule has 0 saturated heterocycles. The van der Waals surface area contributed by atoms with Crippen LogP contribution in [0.4, 0.5) is 0 Å². The van der Waals surface area contributed by atoms with Gasteiger partial charge >= 0.3 is 0 Å². The van der Waals surface area contributed by atoms with Crippen LogP contribution in [0.15, 0.2) is 14.7 Å². The Morgan fingerprint density at radius 2 is 2.20 bits per heavy atom. The van der Waals surface area contributed by atoms with Gasteiger partial charge in [0.1, 0.15) is 0 Å². The van der Waals surface area contributed by atoms with Crippen LogP contribution in [0.2, 0.25) is 0 Å². The maximum atomic E-state index is 9.09. The third-order valence-corrected chi connectivity index (χ3v) is 4.93. The fourth-order valence-electron chi connectivity index (χ4n) is 2.16. The predicted octanol–water partition coefficient (Wildman–Crippen LogP) is 3.62. The van der Waals surface area contributed by atoms with Gasteiger partial charge in [0, 0.05) is 5.56 Å². The second-order valence-corrected chi connectivity index (χ2v) is 6.65. The lowest BCUT2D eigenvalue weighted by Gasteiger charge is -2.30. The van der Waals surface area contributed by atoms with Gasteiger partial charge in [0.05, 0.1) is 9.92 Å². The fraction of sp³-hybridized carbons (Fsp3) is 0.545. The first kappa shape index (κ1) is 11.0. The number of hydrogen-bond donors (Lipinski definition) is 1. The molecule has 0 radical (unpaired) electrons. The Kier molecular flexibility index (Phi) is 2.81. The van der Waals surface area contributed by atoms with Crippen molar-refractivity contribution in [1.29, 1.82) is 0 Å². The molecule has 2 nitrogen and oxygen atoms in total. The molecule has 0 aliphatic heterocycles. The zero-order chi connectivity index (χ0) is 11.1. The molecule has 1 aromatic rings. The maximum absolute atomic E-state index is 9.09. The second-order valence-electron chi connectivity index (χ2n) is 4.69. The minimum atomic E-state index is 0.214. The first-order valence-corrected chi connectivity index (χ1v) is 7.03. The van der Waals surface area contributed by atoms with Crippen LogP contribution in [0.1, 0.15) is 31.4 Å². The molecule has 2 rings (SSSR count). The molecule has 15 heavy (non-hydrogen) atoms. The Balaban J connectivity index is 2.52. The molecule has 4 heteroatoms. The molecule has 1 aromatic heterocycles. The van der Waals surface area contributed by atoms with Crippen molar-refractivity contribution < 1.29 is 5.21 Å². The molecule has 0 atom stereocenters. The Morgan fingerprint density at radius 1 is 1.47 bits per heavy atom. The van der Waals surface area contributed by atoms with E-state index < -0.39 is 0 Å². The molecule has 1 heterocycles. The number of hydrogen-bond acceptors (Lipinski definition) is 4. The van der Waals surface area contributed by atoms with E-state index in [0.717, 1.165) is 18.6 Å². The number of oxime groups is 1. The van der Waals surface area contributed by atoms with Crippen LogP contribution in [0.5, 0.6) is 0 Å². The minimum Gasteiger partial charge on any atom is -0.411 e. The van der Waals surface area contributed by atoms with Crippen molar-refractivity contribution >= 4 is 28.8 Å². The topological polar surface area (TPSA) is 32.6 Å². The Labute approximate surface area is 98.4 Å². The summed E-state index contributed by atoms with van der Waals surface area (Å²) in [5.41, 5.74) is 3.60. The van der Waals surface area contributed by atoms with E-state index >= 15 is 0 Å². The normalized spacial score (nSPS) is 21.7. The molecule has 0 unspecified atom stereocenters. The second kappa shape index (κ2) is 3.83. The summed E-state index contributed by atoms with van der Waals surface area (Å²) in [5.74, 6) is 0. The summed E-state index contributed by atoms with van der Waals surface area (Å²) in [5, 5.41) is 14.8. The molecule has 0 amide bonds. The van der Waals surface area contributed by atoms with Crippen LogP contribution in [0, 0.1) is 5.41 Å². The van der Waals surface area contributed by atoms with Gasteiger partial charge in [-0.15, -0.1) is 23.1 Å².